The van der Waals surface area contributed by atoms with Crippen molar-refractivity contribution in [2.75, 3.05) is 26.1 Å². The quantitative estimate of drug-likeness (QED) is 0.838. The normalized spacial score (nSPS) is 9.64. The van der Waals surface area contributed by atoms with Crippen molar-refractivity contribution < 1.29 is 19.1 Å². The molecule has 2 N–H and O–H groups in total. The van der Waals surface area contributed by atoms with Gasteiger partial charge in [0.15, 0.2) is 0 Å². The van der Waals surface area contributed by atoms with Gasteiger partial charge in [-0.2, -0.15) is 5.26 Å². The van der Waals surface area contributed by atoms with Crippen molar-refractivity contribution in [3.05, 3.63) is 53.6 Å². The second kappa shape index (κ2) is 8.36. The molecule has 0 heterocycles. The van der Waals surface area contributed by atoms with Crippen molar-refractivity contribution in [1.82, 2.24) is 5.32 Å². The number of benzene rings is 2. The standard InChI is InChI=1S/C18H17N3O4/c1-24-14-7-4-8-15(25-2)17(14)18(23)20-11-16(22)21-13-6-3-5-12(9-13)10-19/h3-9H,11H2,1-2H3,(H,20,23)(H,21,22). The molecule has 0 aliphatic carbocycles. The van der Waals surface area contributed by atoms with Crippen LogP contribution in [0.15, 0.2) is 42.5 Å². The van der Waals surface area contributed by atoms with E-state index in [-0.39, 0.29) is 12.1 Å². The number of nitrogens with one attached hydrogen (secondary N) is 2. The van der Waals surface area contributed by atoms with Crippen LogP contribution in [0.2, 0.25) is 0 Å². The maximum atomic E-state index is 12.4. The first-order chi connectivity index (χ1) is 12.1. The third-order valence-corrected chi connectivity index (χ3v) is 3.34. The fraction of sp³-hybridized carbons (Fsp3) is 0.167. The van der Waals surface area contributed by atoms with E-state index in [2.05, 4.69) is 10.6 Å². The zero-order valence-electron chi connectivity index (χ0n) is 13.8. The lowest BCUT2D eigenvalue weighted by molar-refractivity contribution is -0.115. The number of methoxy groups -OCH3 is 2. The van der Waals surface area contributed by atoms with Crippen LogP contribution in [0.1, 0.15) is 15.9 Å². The van der Waals surface area contributed by atoms with Crippen LogP contribution in [0.25, 0.3) is 0 Å². The van der Waals surface area contributed by atoms with Gasteiger partial charge in [0.1, 0.15) is 17.1 Å². The van der Waals surface area contributed by atoms with E-state index in [1.807, 2.05) is 6.07 Å². The highest BCUT2D eigenvalue weighted by molar-refractivity contribution is 6.02. The fourth-order valence-electron chi connectivity index (χ4n) is 2.20. The Morgan fingerprint density at radius 3 is 2.32 bits per heavy atom. The van der Waals surface area contributed by atoms with E-state index in [1.54, 1.807) is 42.5 Å². The monoisotopic (exact) mass is 339 g/mol. The van der Waals surface area contributed by atoms with Crippen molar-refractivity contribution >= 4 is 17.5 Å². The van der Waals surface area contributed by atoms with E-state index >= 15 is 0 Å². The van der Waals surface area contributed by atoms with E-state index in [9.17, 15) is 9.59 Å². The molecular weight excluding hydrogens is 322 g/mol. The van der Waals surface area contributed by atoms with Crippen LogP contribution in [-0.2, 0) is 4.79 Å². The molecule has 0 saturated heterocycles. The lowest BCUT2D eigenvalue weighted by atomic mass is 10.1. The molecule has 7 heteroatoms. The van der Waals surface area contributed by atoms with Gasteiger partial charge in [-0.15, -0.1) is 0 Å². The van der Waals surface area contributed by atoms with Crippen LogP contribution in [-0.4, -0.2) is 32.6 Å². The van der Waals surface area contributed by atoms with Gasteiger partial charge in [0.2, 0.25) is 5.91 Å². The molecule has 2 rings (SSSR count). The maximum absolute atomic E-state index is 12.4. The predicted octanol–water partition coefficient (Wildman–Crippen LogP) is 1.94. The number of carbonyl (C=O) groups is 2. The van der Waals surface area contributed by atoms with Crippen LogP contribution in [0, 0.1) is 11.3 Å². The summed E-state index contributed by atoms with van der Waals surface area (Å²) in [7, 11) is 2.89. The average molecular weight is 339 g/mol. The second-order valence-electron chi connectivity index (χ2n) is 4.96. The lowest BCUT2D eigenvalue weighted by Crippen LogP contribution is -2.33. The van der Waals surface area contributed by atoms with Crippen molar-refractivity contribution in [3.63, 3.8) is 0 Å². The molecule has 0 spiro atoms. The molecule has 2 aromatic carbocycles. The van der Waals surface area contributed by atoms with Crippen LogP contribution in [0.3, 0.4) is 0 Å². The summed E-state index contributed by atoms with van der Waals surface area (Å²) in [6.07, 6.45) is 0. The van der Waals surface area contributed by atoms with Gasteiger partial charge in [0.25, 0.3) is 5.91 Å². The molecule has 0 bridgehead atoms. The summed E-state index contributed by atoms with van der Waals surface area (Å²) >= 11 is 0. The summed E-state index contributed by atoms with van der Waals surface area (Å²) in [6, 6.07) is 13.4. The van der Waals surface area contributed by atoms with Crippen molar-refractivity contribution in [2.24, 2.45) is 0 Å². The molecule has 0 fully saturated rings. The molecule has 0 aliphatic heterocycles. The van der Waals surface area contributed by atoms with E-state index < -0.39 is 11.8 Å². The number of hydrogen-bond acceptors (Lipinski definition) is 5. The van der Waals surface area contributed by atoms with Gasteiger partial charge >= 0.3 is 0 Å². The SMILES string of the molecule is COc1cccc(OC)c1C(=O)NCC(=O)Nc1cccc(C#N)c1. The van der Waals surface area contributed by atoms with Crippen LogP contribution < -0.4 is 20.1 Å². The fourth-order valence-corrected chi connectivity index (χ4v) is 2.20. The molecule has 0 aromatic heterocycles. The molecule has 2 amide bonds. The van der Waals surface area contributed by atoms with Crippen LogP contribution in [0.4, 0.5) is 5.69 Å². The van der Waals surface area contributed by atoms with Gasteiger partial charge in [-0.1, -0.05) is 12.1 Å². The van der Waals surface area contributed by atoms with Gasteiger partial charge in [-0.3, -0.25) is 9.59 Å². The molecule has 2 aromatic rings. The Bertz CT molecular complexity index is 805. The first-order valence-electron chi connectivity index (χ1n) is 7.38. The maximum Gasteiger partial charge on any atom is 0.259 e. The number of carbonyl (C=O) groups excluding carboxylic acids is 2. The topological polar surface area (TPSA) is 100 Å². The van der Waals surface area contributed by atoms with Gasteiger partial charge in [0, 0.05) is 5.69 Å². The first-order valence-corrected chi connectivity index (χ1v) is 7.38. The Kier molecular flexibility index (Phi) is 5.96. The van der Waals surface area contributed by atoms with Gasteiger partial charge in [-0.05, 0) is 30.3 Å². The summed E-state index contributed by atoms with van der Waals surface area (Å²) < 4.78 is 10.3. The number of hydrogen-bond donors (Lipinski definition) is 2. The number of amides is 2. The van der Waals surface area contributed by atoms with E-state index in [4.69, 9.17) is 14.7 Å². The molecule has 0 unspecified atom stereocenters. The third kappa shape index (κ3) is 4.48. The predicted molar refractivity (Wildman–Crippen MR) is 91.7 cm³/mol. The first kappa shape index (κ1) is 17.8. The molecule has 7 nitrogen and oxygen atoms in total. The zero-order valence-corrected chi connectivity index (χ0v) is 13.8. The molecule has 0 atom stereocenters. The van der Waals surface area contributed by atoms with Crippen molar-refractivity contribution in [2.45, 2.75) is 0 Å². The molecule has 0 aliphatic rings. The van der Waals surface area contributed by atoms with Crippen LogP contribution in [0.5, 0.6) is 11.5 Å². The van der Waals surface area contributed by atoms with Crippen molar-refractivity contribution in [3.8, 4) is 17.6 Å². The number of nitriles is 1. The minimum Gasteiger partial charge on any atom is -0.496 e. The Morgan fingerprint density at radius 1 is 1.08 bits per heavy atom. The third-order valence-electron chi connectivity index (χ3n) is 3.34. The van der Waals surface area contributed by atoms with Crippen LogP contribution >= 0.6 is 0 Å². The number of anilines is 1. The van der Waals surface area contributed by atoms with Gasteiger partial charge in [0.05, 0.1) is 32.4 Å². The summed E-state index contributed by atoms with van der Waals surface area (Å²) in [5.74, 6) is -0.217. The molecule has 0 radical (unpaired) electrons. The number of nitrogens with zero attached hydrogens (tertiary/aromatic N) is 1. The Morgan fingerprint density at radius 2 is 1.72 bits per heavy atom. The Labute approximate surface area is 145 Å². The molecule has 0 saturated carbocycles. The van der Waals surface area contributed by atoms with E-state index in [1.165, 1.54) is 14.2 Å². The molecule has 128 valence electrons. The summed E-state index contributed by atoms with van der Waals surface area (Å²) in [6.45, 7) is -0.239. The highest BCUT2D eigenvalue weighted by Crippen LogP contribution is 2.27. The highest BCUT2D eigenvalue weighted by atomic mass is 16.5. The summed E-state index contributed by atoms with van der Waals surface area (Å²) in [4.78, 5) is 24.4. The summed E-state index contributed by atoms with van der Waals surface area (Å²) in [5.41, 5.74) is 1.13. The minimum absolute atomic E-state index is 0.215. The largest absolute Gasteiger partial charge is 0.496 e. The molecular formula is C18H17N3O4. The second-order valence-corrected chi connectivity index (χ2v) is 4.96. The molecule has 25 heavy (non-hydrogen) atoms. The van der Waals surface area contributed by atoms with E-state index in [0.717, 1.165) is 0 Å². The smallest absolute Gasteiger partial charge is 0.259 e. The highest BCUT2D eigenvalue weighted by Gasteiger charge is 2.18. The Hall–Kier alpha value is -3.53. The van der Waals surface area contributed by atoms with Gasteiger partial charge in [-0.25, -0.2) is 0 Å². The van der Waals surface area contributed by atoms with Crippen molar-refractivity contribution in [1.29, 1.82) is 5.26 Å². The van der Waals surface area contributed by atoms with E-state index in [0.29, 0.717) is 22.7 Å². The Balaban J connectivity index is 2.02. The zero-order chi connectivity index (χ0) is 18.2. The number of rotatable bonds is 6. The lowest BCUT2D eigenvalue weighted by Gasteiger charge is -2.13. The van der Waals surface area contributed by atoms with Gasteiger partial charge < -0.3 is 20.1 Å². The summed E-state index contributed by atoms with van der Waals surface area (Å²) in [5, 5.41) is 14.0. The number of ether oxygens (including phenoxy) is 2. The minimum atomic E-state index is -0.491. The average Bonchev–Trinajstić information content (AvgIpc) is 2.65.